The van der Waals surface area contributed by atoms with Crippen molar-refractivity contribution < 1.29 is 8.78 Å². The fourth-order valence-corrected chi connectivity index (χ4v) is 3.08. The average molecular weight is 280 g/mol. The molecule has 1 aromatic rings. The highest BCUT2D eigenvalue weighted by atomic mass is 19.1. The van der Waals surface area contributed by atoms with Gasteiger partial charge in [0.1, 0.15) is 11.6 Å². The Morgan fingerprint density at radius 1 is 1.20 bits per heavy atom. The van der Waals surface area contributed by atoms with Gasteiger partial charge in [-0.25, -0.2) is 8.78 Å². The molecule has 1 aliphatic carbocycles. The summed E-state index contributed by atoms with van der Waals surface area (Å²) in [5, 5.41) is 3.59. The van der Waals surface area contributed by atoms with E-state index in [1.54, 1.807) is 0 Å². The van der Waals surface area contributed by atoms with Crippen LogP contribution in [0, 0.1) is 17.6 Å². The largest absolute Gasteiger partial charge is 0.312 e. The molecule has 110 valence electrons. The molecule has 1 N–H and O–H groups in total. The molecule has 1 aromatic carbocycles. The molecule has 1 heterocycles. The maximum atomic E-state index is 13.8. The van der Waals surface area contributed by atoms with Crippen molar-refractivity contribution >= 4 is 0 Å². The first-order chi connectivity index (χ1) is 9.65. The molecule has 0 amide bonds. The minimum Gasteiger partial charge on any atom is -0.312 e. The van der Waals surface area contributed by atoms with Crippen LogP contribution in [0.5, 0.6) is 0 Å². The summed E-state index contributed by atoms with van der Waals surface area (Å²) in [6, 6.07) is 4.95. The van der Waals surface area contributed by atoms with Crippen molar-refractivity contribution in [3.8, 4) is 0 Å². The third-order valence-electron chi connectivity index (χ3n) is 4.64. The SMILES string of the molecule is CC1CCNC(C2CC2)CN1Cc1c(F)cccc1F. The lowest BCUT2D eigenvalue weighted by molar-refractivity contribution is 0.186. The van der Waals surface area contributed by atoms with Crippen molar-refractivity contribution in [2.75, 3.05) is 13.1 Å². The first-order valence-corrected chi connectivity index (χ1v) is 7.55. The van der Waals surface area contributed by atoms with Gasteiger partial charge < -0.3 is 5.32 Å². The van der Waals surface area contributed by atoms with Crippen LogP contribution in [0.2, 0.25) is 0 Å². The van der Waals surface area contributed by atoms with Crippen molar-refractivity contribution in [2.24, 2.45) is 5.92 Å². The molecule has 1 saturated heterocycles. The molecule has 2 unspecified atom stereocenters. The van der Waals surface area contributed by atoms with E-state index in [0.29, 0.717) is 18.6 Å². The molecule has 2 fully saturated rings. The highest BCUT2D eigenvalue weighted by molar-refractivity contribution is 5.19. The van der Waals surface area contributed by atoms with Gasteiger partial charge >= 0.3 is 0 Å². The van der Waals surface area contributed by atoms with Crippen molar-refractivity contribution in [1.29, 1.82) is 0 Å². The van der Waals surface area contributed by atoms with Crippen molar-refractivity contribution in [1.82, 2.24) is 10.2 Å². The van der Waals surface area contributed by atoms with E-state index in [4.69, 9.17) is 0 Å². The van der Waals surface area contributed by atoms with Crippen LogP contribution in [0.1, 0.15) is 31.7 Å². The standard InChI is InChI=1S/C16H22F2N2/c1-11-7-8-19-16(12-5-6-12)10-20(11)9-13-14(17)3-2-4-15(13)18/h2-4,11-12,16,19H,5-10H2,1H3. The van der Waals surface area contributed by atoms with E-state index in [1.807, 2.05) is 0 Å². The third kappa shape index (κ3) is 3.01. The van der Waals surface area contributed by atoms with Gasteiger partial charge in [0.2, 0.25) is 0 Å². The number of nitrogens with zero attached hydrogens (tertiary/aromatic N) is 1. The van der Waals surface area contributed by atoms with Crippen LogP contribution in [-0.4, -0.2) is 30.1 Å². The van der Waals surface area contributed by atoms with Gasteiger partial charge in [-0.15, -0.1) is 0 Å². The topological polar surface area (TPSA) is 15.3 Å². The normalized spacial score (nSPS) is 28.4. The highest BCUT2D eigenvalue weighted by Gasteiger charge is 2.34. The lowest BCUT2D eigenvalue weighted by Gasteiger charge is -2.29. The van der Waals surface area contributed by atoms with E-state index in [-0.39, 0.29) is 5.56 Å². The number of hydrogen-bond acceptors (Lipinski definition) is 2. The van der Waals surface area contributed by atoms with Crippen LogP contribution in [-0.2, 0) is 6.54 Å². The third-order valence-corrected chi connectivity index (χ3v) is 4.64. The summed E-state index contributed by atoms with van der Waals surface area (Å²) in [7, 11) is 0. The number of hydrogen-bond donors (Lipinski definition) is 1. The fourth-order valence-electron chi connectivity index (χ4n) is 3.08. The van der Waals surface area contributed by atoms with E-state index in [9.17, 15) is 8.78 Å². The Labute approximate surface area is 119 Å². The summed E-state index contributed by atoms with van der Waals surface area (Å²) >= 11 is 0. The van der Waals surface area contributed by atoms with Crippen molar-refractivity contribution in [3.63, 3.8) is 0 Å². The zero-order chi connectivity index (χ0) is 14.1. The maximum absolute atomic E-state index is 13.8. The molecule has 2 nitrogen and oxygen atoms in total. The Balaban J connectivity index is 1.76. The Morgan fingerprint density at radius 2 is 1.90 bits per heavy atom. The molecule has 0 radical (unpaired) electrons. The smallest absolute Gasteiger partial charge is 0.130 e. The summed E-state index contributed by atoms with van der Waals surface area (Å²) in [6.45, 7) is 4.40. The number of rotatable bonds is 3. The van der Waals surface area contributed by atoms with E-state index >= 15 is 0 Å². The molecule has 0 spiro atoms. The van der Waals surface area contributed by atoms with Crippen LogP contribution in [0.4, 0.5) is 8.78 Å². The first kappa shape index (κ1) is 14.0. The summed E-state index contributed by atoms with van der Waals surface area (Å²) in [6.07, 6.45) is 3.60. The van der Waals surface area contributed by atoms with Crippen LogP contribution in [0.25, 0.3) is 0 Å². The molecule has 1 saturated carbocycles. The van der Waals surface area contributed by atoms with E-state index in [0.717, 1.165) is 25.4 Å². The van der Waals surface area contributed by atoms with Crippen LogP contribution in [0.15, 0.2) is 18.2 Å². The van der Waals surface area contributed by atoms with E-state index in [1.165, 1.54) is 31.0 Å². The quantitative estimate of drug-likeness (QED) is 0.916. The van der Waals surface area contributed by atoms with Gasteiger partial charge in [-0.2, -0.15) is 0 Å². The molecular formula is C16H22F2N2. The van der Waals surface area contributed by atoms with Crippen LogP contribution < -0.4 is 5.32 Å². The second kappa shape index (κ2) is 5.78. The minimum absolute atomic E-state index is 0.204. The van der Waals surface area contributed by atoms with Crippen LogP contribution in [0.3, 0.4) is 0 Å². The predicted molar refractivity (Wildman–Crippen MR) is 75.4 cm³/mol. The zero-order valence-electron chi connectivity index (χ0n) is 11.9. The molecule has 2 atom stereocenters. The highest BCUT2D eigenvalue weighted by Crippen LogP contribution is 2.34. The Bertz CT molecular complexity index is 453. The van der Waals surface area contributed by atoms with Gasteiger partial charge in [0.25, 0.3) is 0 Å². The molecule has 0 bridgehead atoms. The predicted octanol–water partition coefficient (Wildman–Crippen LogP) is 2.93. The number of halogens is 2. The number of nitrogens with one attached hydrogen (secondary N) is 1. The maximum Gasteiger partial charge on any atom is 0.130 e. The second-order valence-electron chi connectivity index (χ2n) is 6.17. The Morgan fingerprint density at radius 3 is 2.55 bits per heavy atom. The van der Waals surface area contributed by atoms with Gasteiger partial charge in [-0.3, -0.25) is 4.90 Å². The van der Waals surface area contributed by atoms with E-state index < -0.39 is 11.6 Å². The second-order valence-corrected chi connectivity index (χ2v) is 6.17. The van der Waals surface area contributed by atoms with Gasteiger partial charge in [-0.05, 0) is 50.8 Å². The van der Waals surface area contributed by atoms with Crippen LogP contribution >= 0.6 is 0 Å². The van der Waals surface area contributed by atoms with Gasteiger partial charge in [0.15, 0.2) is 0 Å². The average Bonchev–Trinajstić information content (AvgIpc) is 3.23. The lowest BCUT2D eigenvalue weighted by Crippen LogP contribution is -2.41. The van der Waals surface area contributed by atoms with Crippen molar-refractivity contribution in [2.45, 2.75) is 44.8 Å². The molecule has 4 heteroatoms. The lowest BCUT2D eigenvalue weighted by atomic mass is 10.1. The monoisotopic (exact) mass is 280 g/mol. The summed E-state index contributed by atoms with van der Waals surface area (Å²) in [5.74, 6) is -0.108. The molecule has 0 aromatic heterocycles. The fraction of sp³-hybridized carbons (Fsp3) is 0.625. The summed E-state index contributed by atoms with van der Waals surface area (Å²) < 4.78 is 27.6. The Kier molecular flexibility index (Phi) is 4.03. The summed E-state index contributed by atoms with van der Waals surface area (Å²) in [5.41, 5.74) is 0.204. The summed E-state index contributed by atoms with van der Waals surface area (Å²) in [4.78, 5) is 2.23. The number of benzene rings is 1. The van der Waals surface area contributed by atoms with Crippen molar-refractivity contribution in [3.05, 3.63) is 35.4 Å². The minimum atomic E-state index is -0.433. The molecule has 20 heavy (non-hydrogen) atoms. The first-order valence-electron chi connectivity index (χ1n) is 7.55. The van der Waals surface area contributed by atoms with Gasteiger partial charge in [0, 0.05) is 30.7 Å². The molecular weight excluding hydrogens is 258 g/mol. The van der Waals surface area contributed by atoms with E-state index in [2.05, 4.69) is 17.1 Å². The molecule has 2 aliphatic rings. The zero-order valence-corrected chi connectivity index (χ0v) is 11.9. The Hall–Kier alpha value is -1.00. The van der Waals surface area contributed by atoms with Gasteiger partial charge in [-0.1, -0.05) is 6.07 Å². The van der Waals surface area contributed by atoms with Gasteiger partial charge in [0.05, 0.1) is 0 Å². The molecule has 1 aliphatic heterocycles. The molecule has 3 rings (SSSR count).